The lowest BCUT2D eigenvalue weighted by Crippen LogP contribution is -2.53. The van der Waals surface area contributed by atoms with E-state index >= 15 is 0 Å². The van der Waals surface area contributed by atoms with Crippen LogP contribution < -0.4 is 5.32 Å². The standard InChI is InChI=1S/C18H36N4O2/c1-16(2)14-17-15-24-13-12-22(17)18(23)19-6-4-5-7-21-10-8-20(3)9-11-21/h16-17H,4-15H2,1-3H3,(H,19,23). The van der Waals surface area contributed by atoms with Crippen LogP contribution in [0.15, 0.2) is 0 Å². The van der Waals surface area contributed by atoms with E-state index in [0.29, 0.717) is 25.7 Å². The predicted molar refractivity (Wildman–Crippen MR) is 97.3 cm³/mol. The third kappa shape index (κ3) is 6.57. The number of hydrogen-bond donors (Lipinski definition) is 1. The van der Waals surface area contributed by atoms with Crippen LogP contribution in [0.25, 0.3) is 0 Å². The van der Waals surface area contributed by atoms with Gasteiger partial charge in [0.2, 0.25) is 0 Å². The molecular weight excluding hydrogens is 304 g/mol. The van der Waals surface area contributed by atoms with E-state index in [1.807, 2.05) is 4.90 Å². The maximum Gasteiger partial charge on any atom is 0.317 e. The number of carbonyl (C=O) groups excluding carboxylic acids is 1. The van der Waals surface area contributed by atoms with Crippen molar-refractivity contribution in [3.8, 4) is 0 Å². The minimum atomic E-state index is 0.0866. The maximum atomic E-state index is 12.4. The summed E-state index contributed by atoms with van der Waals surface area (Å²) in [5, 5.41) is 3.11. The van der Waals surface area contributed by atoms with Gasteiger partial charge in [-0.1, -0.05) is 13.8 Å². The molecule has 0 bridgehead atoms. The van der Waals surface area contributed by atoms with Gasteiger partial charge in [-0.15, -0.1) is 0 Å². The fourth-order valence-corrected chi connectivity index (χ4v) is 3.49. The van der Waals surface area contributed by atoms with Crippen LogP contribution in [0.5, 0.6) is 0 Å². The molecule has 0 radical (unpaired) electrons. The lowest BCUT2D eigenvalue weighted by atomic mass is 10.0. The smallest absolute Gasteiger partial charge is 0.317 e. The zero-order valence-corrected chi connectivity index (χ0v) is 15.8. The lowest BCUT2D eigenvalue weighted by molar-refractivity contribution is 0.00559. The highest BCUT2D eigenvalue weighted by molar-refractivity contribution is 5.74. The van der Waals surface area contributed by atoms with E-state index < -0.39 is 0 Å². The molecule has 140 valence electrons. The Hall–Kier alpha value is -0.850. The van der Waals surface area contributed by atoms with Gasteiger partial charge in [-0.25, -0.2) is 4.79 Å². The molecule has 0 saturated carbocycles. The molecule has 1 atom stereocenters. The van der Waals surface area contributed by atoms with Gasteiger partial charge in [0.05, 0.1) is 19.3 Å². The molecule has 2 amide bonds. The average molecular weight is 341 g/mol. The van der Waals surface area contributed by atoms with Crippen molar-refractivity contribution in [3.63, 3.8) is 0 Å². The average Bonchev–Trinajstić information content (AvgIpc) is 2.56. The van der Waals surface area contributed by atoms with Crippen LogP contribution in [0.1, 0.15) is 33.1 Å². The van der Waals surface area contributed by atoms with Crippen molar-refractivity contribution in [2.45, 2.75) is 39.2 Å². The van der Waals surface area contributed by atoms with E-state index in [4.69, 9.17) is 4.74 Å². The fraction of sp³-hybridized carbons (Fsp3) is 0.944. The molecule has 0 spiro atoms. The highest BCUT2D eigenvalue weighted by atomic mass is 16.5. The minimum Gasteiger partial charge on any atom is -0.377 e. The van der Waals surface area contributed by atoms with Crippen LogP contribution >= 0.6 is 0 Å². The normalized spacial score (nSPS) is 23.7. The highest BCUT2D eigenvalue weighted by Crippen LogP contribution is 2.15. The number of likely N-dealkylation sites (N-methyl/N-ethyl adjacent to an activating group) is 1. The van der Waals surface area contributed by atoms with Crippen LogP contribution in [-0.4, -0.2) is 92.8 Å². The first-order valence-corrected chi connectivity index (χ1v) is 9.59. The molecule has 0 aromatic heterocycles. The van der Waals surface area contributed by atoms with Gasteiger partial charge in [0, 0.05) is 39.3 Å². The Balaban J connectivity index is 1.59. The molecule has 2 aliphatic rings. The van der Waals surface area contributed by atoms with E-state index in [0.717, 1.165) is 32.4 Å². The van der Waals surface area contributed by atoms with Gasteiger partial charge in [-0.05, 0) is 38.8 Å². The summed E-state index contributed by atoms with van der Waals surface area (Å²) in [7, 11) is 2.19. The van der Waals surface area contributed by atoms with Gasteiger partial charge < -0.3 is 24.8 Å². The van der Waals surface area contributed by atoms with Crippen molar-refractivity contribution < 1.29 is 9.53 Å². The Morgan fingerprint density at radius 3 is 2.62 bits per heavy atom. The number of urea groups is 1. The third-order valence-electron chi connectivity index (χ3n) is 5.01. The molecule has 1 N–H and O–H groups in total. The second-order valence-corrected chi connectivity index (χ2v) is 7.64. The van der Waals surface area contributed by atoms with E-state index in [-0.39, 0.29) is 12.1 Å². The monoisotopic (exact) mass is 340 g/mol. The van der Waals surface area contributed by atoms with Gasteiger partial charge in [0.15, 0.2) is 0 Å². The van der Waals surface area contributed by atoms with Gasteiger partial charge in [-0.3, -0.25) is 0 Å². The van der Waals surface area contributed by atoms with Crippen molar-refractivity contribution in [1.29, 1.82) is 0 Å². The molecule has 6 nitrogen and oxygen atoms in total. The summed E-state index contributed by atoms with van der Waals surface area (Å²) in [5.74, 6) is 0.579. The summed E-state index contributed by atoms with van der Waals surface area (Å²) in [6.07, 6.45) is 3.22. The van der Waals surface area contributed by atoms with Crippen molar-refractivity contribution in [2.24, 2.45) is 5.92 Å². The molecule has 6 heteroatoms. The summed E-state index contributed by atoms with van der Waals surface area (Å²) in [6, 6.07) is 0.313. The van der Waals surface area contributed by atoms with Crippen molar-refractivity contribution in [1.82, 2.24) is 20.0 Å². The zero-order chi connectivity index (χ0) is 17.4. The molecule has 24 heavy (non-hydrogen) atoms. The first-order valence-electron chi connectivity index (χ1n) is 9.59. The number of nitrogens with one attached hydrogen (secondary N) is 1. The van der Waals surface area contributed by atoms with E-state index in [9.17, 15) is 4.79 Å². The van der Waals surface area contributed by atoms with E-state index in [1.54, 1.807) is 0 Å². The molecular formula is C18H36N4O2. The number of nitrogens with zero attached hydrogens (tertiary/aromatic N) is 3. The number of rotatable bonds is 7. The topological polar surface area (TPSA) is 48.1 Å². The second-order valence-electron chi connectivity index (χ2n) is 7.64. The molecule has 0 aromatic rings. The third-order valence-corrected chi connectivity index (χ3v) is 5.01. The molecule has 2 saturated heterocycles. The fourth-order valence-electron chi connectivity index (χ4n) is 3.49. The van der Waals surface area contributed by atoms with E-state index in [2.05, 4.69) is 36.0 Å². The number of ether oxygens (including phenoxy) is 1. The van der Waals surface area contributed by atoms with Crippen molar-refractivity contribution in [3.05, 3.63) is 0 Å². The summed E-state index contributed by atoms with van der Waals surface area (Å²) < 4.78 is 5.55. The van der Waals surface area contributed by atoms with Crippen molar-refractivity contribution >= 4 is 6.03 Å². The molecule has 0 aliphatic carbocycles. The molecule has 1 unspecified atom stereocenters. The SMILES string of the molecule is CC(C)CC1COCCN1C(=O)NCCCCN1CCN(C)CC1. The first kappa shape index (κ1) is 19.5. The highest BCUT2D eigenvalue weighted by Gasteiger charge is 2.27. The van der Waals surface area contributed by atoms with Gasteiger partial charge in [0.1, 0.15) is 0 Å². The number of amides is 2. The summed E-state index contributed by atoms with van der Waals surface area (Å²) in [5.41, 5.74) is 0. The minimum absolute atomic E-state index is 0.0866. The zero-order valence-electron chi connectivity index (χ0n) is 15.8. The van der Waals surface area contributed by atoms with Gasteiger partial charge in [-0.2, -0.15) is 0 Å². The van der Waals surface area contributed by atoms with Crippen LogP contribution in [0.4, 0.5) is 4.79 Å². The Labute approximate surface area is 147 Å². The lowest BCUT2D eigenvalue weighted by Gasteiger charge is -2.36. The van der Waals surface area contributed by atoms with E-state index in [1.165, 1.54) is 26.2 Å². The molecule has 2 fully saturated rings. The summed E-state index contributed by atoms with van der Waals surface area (Å²) in [4.78, 5) is 19.3. The summed E-state index contributed by atoms with van der Waals surface area (Å²) >= 11 is 0. The number of carbonyl (C=O) groups is 1. The summed E-state index contributed by atoms with van der Waals surface area (Å²) in [6.45, 7) is 13.1. The van der Waals surface area contributed by atoms with Gasteiger partial charge >= 0.3 is 6.03 Å². The molecule has 2 aliphatic heterocycles. The first-order chi connectivity index (χ1) is 11.6. The van der Waals surface area contributed by atoms with Crippen LogP contribution in [0, 0.1) is 5.92 Å². The van der Waals surface area contributed by atoms with Crippen LogP contribution in [0.3, 0.4) is 0 Å². The van der Waals surface area contributed by atoms with Crippen molar-refractivity contribution in [2.75, 3.05) is 66.1 Å². The number of unbranched alkanes of at least 4 members (excludes halogenated alkanes) is 1. The Kier molecular flexibility index (Phi) is 8.29. The largest absolute Gasteiger partial charge is 0.377 e. The van der Waals surface area contributed by atoms with Crippen LogP contribution in [0.2, 0.25) is 0 Å². The number of hydrogen-bond acceptors (Lipinski definition) is 4. The number of piperazine rings is 1. The molecule has 2 heterocycles. The maximum absolute atomic E-state index is 12.4. The Bertz CT molecular complexity index is 370. The second kappa shape index (κ2) is 10.2. The quantitative estimate of drug-likeness (QED) is 0.713. The molecule has 2 rings (SSSR count). The molecule has 0 aromatic carbocycles. The van der Waals surface area contributed by atoms with Crippen LogP contribution in [-0.2, 0) is 4.74 Å². The Morgan fingerprint density at radius 1 is 1.17 bits per heavy atom. The van der Waals surface area contributed by atoms with Gasteiger partial charge in [0.25, 0.3) is 0 Å². The number of morpholine rings is 1. The Morgan fingerprint density at radius 2 is 1.92 bits per heavy atom. The predicted octanol–water partition coefficient (Wildman–Crippen LogP) is 1.47.